The topological polar surface area (TPSA) is 22.0 Å². The molecule has 0 atom stereocenters. The summed E-state index contributed by atoms with van der Waals surface area (Å²) in [6, 6.07) is 10.3. The molecule has 0 aliphatic carbocycles. The van der Waals surface area contributed by atoms with E-state index in [0.717, 1.165) is 24.2 Å². The van der Waals surface area contributed by atoms with E-state index in [9.17, 15) is 4.79 Å². The molecule has 0 saturated heterocycles. The predicted octanol–water partition coefficient (Wildman–Crippen LogP) is 2.75. The highest BCUT2D eigenvalue weighted by molar-refractivity contribution is 5.71. The van der Waals surface area contributed by atoms with Crippen molar-refractivity contribution >= 4 is 0 Å². The van der Waals surface area contributed by atoms with Gasteiger partial charge in [-0.25, -0.2) is 0 Å². The van der Waals surface area contributed by atoms with Crippen LogP contribution in [0.25, 0.3) is 11.3 Å². The lowest BCUT2D eigenvalue weighted by molar-refractivity contribution is 0.786. The zero-order valence-corrected chi connectivity index (χ0v) is 10.2. The van der Waals surface area contributed by atoms with Crippen molar-refractivity contribution in [2.45, 2.75) is 26.8 Å². The van der Waals surface area contributed by atoms with Gasteiger partial charge >= 0.3 is 0 Å². The van der Waals surface area contributed by atoms with Gasteiger partial charge in [0.1, 0.15) is 0 Å². The van der Waals surface area contributed by atoms with E-state index in [2.05, 4.69) is 19.1 Å². The summed E-state index contributed by atoms with van der Waals surface area (Å²) in [5.74, 6) is 0. The predicted molar refractivity (Wildman–Crippen MR) is 69.4 cm³/mol. The molecule has 1 aliphatic heterocycles. The summed E-state index contributed by atoms with van der Waals surface area (Å²) < 4.78 is 1.92. The van der Waals surface area contributed by atoms with Gasteiger partial charge in [-0.1, -0.05) is 31.2 Å². The maximum Gasteiger partial charge on any atom is 0.254 e. The van der Waals surface area contributed by atoms with Crippen LogP contribution in [0.1, 0.15) is 23.6 Å². The fraction of sp³-hybridized carbons (Fsp3) is 0.267. The maximum absolute atomic E-state index is 12.2. The Morgan fingerprint density at radius 3 is 2.82 bits per heavy atom. The summed E-state index contributed by atoms with van der Waals surface area (Å²) in [4.78, 5) is 12.2. The molecule has 2 heteroatoms. The molecule has 0 N–H and O–H groups in total. The zero-order valence-electron chi connectivity index (χ0n) is 10.2. The van der Waals surface area contributed by atoms with E-state index in [1.54, 1.807) is 0 Å². The van der Waals surface area contributed by atoms with Crippen molar-refractivity contribution in [3.63, 3.8) is 0 Å². The number of hydrogen-bond donors (Lipinski definition) is 0. The Bertz CT molecular complexity index is 652. The Balaban J connectivity index is 2.39. The fourth-order valence-corrected chi connectivity index (χ4v) is 2.68. The van der Waals surface area contributed by atoms with E-state index in [1.165, 1.54) is 16.7 Å². The van der Waals surface area contributed by atoms with Gasteiger partial charge in [0.25, 0.3) is 5.56 Å². The van der Waals surface area contributed by atoms with Gasteiger partial charge in [0.15, 0.2) is 0 Å². The Kier molecular flexibility index (Phi) is 2.18. The molecule has 0 bridgehead atoms. The molecular formula is C15H15NO. The van der Waals surface area contributed by atoms with Gasteiger partial charge in [-0.05, 0) is 30.5 Å². The van der Waals surface area contributed by atoms with Crippen molar-refractivity contribution in [2.24, 2.45) is 0 Å². The van der Waals surface area contributed by atoms with Crippen molar-refractivity contribution in [1.29, 1.82) is 0 Å². The highest BCUT2D eigenvalue weighted by atomic mass is 16.1. The number of fused-ring (bicyclic) bond motifs is 3. The largest absolute Gasteiger partial charge is 0.303 e. The molecule has 0 amide bonds. The third-order valence-corrected chi connectivity index (χ3v) is 3.53. The second kappa shape index (κ2) is 3.59. The first kappa shape index (κ1) is 10.3. The minimum absolute atomic E-state index is 0.147. The van der Waals surface area contributed by atoms with E-state index in [-0.39, 0.29) is 5.56 Å². The first-order chi connectivity index (χ1) is 8.22. The number of benzene rings is 1. The van der Waals surface area contributed by atoms with Gasteiger partial charge < -0.3 is 4.57 Å². The van der Waals surface area contributed by atoms with Crippen LogP contribution < -0.4 is 5.56 Å². The quantitative estimate of drug-likeness (QED) is 0.624. The summed E-state index contributed by atoms with van der Waals surface area (Å²) >= 11 is 0. The molecule has 1 aliphatic rings. The SMILES string of the molecule is CCc1cc(C)c(=O)n2c1-c1ccccc1C2. The number of nitrogens with zero attached hydrogens (tertiary/aromatic N) is 1. The van der Waals surface area contributed by atoms with Crippen molar-refractivity contribution in [3.8, 4) is 11.3 Å². The Labute approximate surface area is 101 Å². The molecular weight excluding hydrogens is 210 g/mol. The summed E-state index contributed by atoms with van der Waals surface area (Å²) in [6.45, 7) is 4.76. The Morgan fingerprint density at radius 2 is 2.06 bits per heavy atom. The number of hydrogen-bond acceptors (Lipinski definition) is 1. The van der Waals surface area contributed by atoms with Crippen LogP contribution in [-0.2, 0) is 13.0 Å². The van der Waals surface area contributed by atoms with Crippen LogP contribution in [0.3, 0.4) is 0 Å². The second-order valence-corrected chi connectivity index (χ2v) is 4.60. The molecule has 0 spiro atoms. The first-order valence-electron chi connectivity index (χ1n) is 6.04. The standard InChI is InChI=1S/C15H15NO/c1-3-11-8-10(2)15(17)16-9-12-6-4-5-7-13(12)14(11)16/h4-8H,3,9H2,1-2H3. The first-order valence-corrected chi connectivity index (χ1v) is 6.04. The van der Waals surface area contributed by atoms with Crippen LogP contribution in [-0.4, -0.2) is 4.57 Å². The lowest BCUT2D eigenvalue weighted by Crippen LogP contribution is -2.22. The summed E-state index contributed by atoms with van der Waals surface area (Å²) in [6.07, 6.45) is 0.963. The van der Waals surface area contributed by atoms with Gasteiger partial charge in [0.2, 0.25) is 0 Å². The summed E-state index contributed by atoms with van der Waals surface area (Å²) in [5, 5.41) is 0. The molecule has 0 saturated carbocycles. The minimum atomic E-state index is 0.147. The monoisotopic (exact) mass is 225 g/mol. The van der Waals surface area contributed by atoms with Gasteiger partial charge in [0.05, 0.1) is 12.2 Å². The molecule has 0 unspecified atom stereocenters. The average Bonchev–Trinajstić information content (AvgIpc) is 2.73. The van der Waals surface area contributed by atoms with Crippen molar-refractivity contribution in [1.82, 2.24) is 4.57 Å². The Morgan fingerprint density at radius 1 is 1.29 bits per heavy atom. The Hall–Kier alpha value is -1.83. The molecule has 2 nitrogen and oxygen atoms in total. The summed E-state index contributed by atoms with van der Waals surface area (Å²) in [7, 11) is 0. The molecule has 1 aromatic heterocycles. The van der Waals surface area contributed by atoms with Gasteiger partial charge in [-0.15, -0.1) is 0 Å². The van der Waals surface area contributed by atoms with Gasteiger partial charge in [-0.3, -0.25) is 4.79 Å². The summed E-state index contributed by atoms with van der Waals surface area (Å²) in [5.41, 5.74) is 5.86. The van der Waals surface area contributed by atoms with E-state index >= 15 is 0 Å². The number of rotatable bonds is 1. The van der Waals surface area contributed by atoms with Crippen LogP contribution in [0.5, 0.6) is 0 Å². The van der Waals surface area contributed by atoms with Crippen LogP contribution in [0, 0.1) is 6.92 Å². The van der Waals surface area contributed by atoms with E-state index in [1.807, 2.05) is 29.7 Å². The van der Waals surface area contributed by atoms with Crippen LogP contribution >= 0.6 is 0 Å². The highest BCUT2D eigenvalue weighted by Gasteiger charge is 2.22. The molecule has 86 valence electrons. The van der Waals surface area contributed by atoms with Crippen molar-refractivity contribution < 1.29 is 0 Å². The van der Waals surface area contributed by atoms with Crippen LogP contribution in [0.2, 0.25) is 0 Å². The molecule has 1 aromatic carbocycles. The molecule has 0 fully saturated rings. The van der Waals surface area contributed by atoms with E-state index in [4.69, 9.17) is 0 Å². The number of aromatic nitrogens is 1. The molecule has 2 heterocycles. The van der Waals surface area contributed by atoms with Crippen molar-refractivity contribution in [2.75, 3.05) is 0 Å². The third kappa shape index (κ3) is 1.37. The van der Waals surface area contributed by atoms with E-state index < -0.39 is 0 Å². The molecule has 3 rings (SSSR count). The fourth-order valence-electron chi connectivity index (χ4n) is 2.68. The second-order valence-electron chi connectivity index (χ2n) is 4.60. The minimum Gasteiger partial charge on any atom is -0.303 e. The third-order valence-electron chi connectivity index (χ3n) is 3.53. The lowest BCUT2D eigenvalue weighted by atomic mass is 10.0. The smallest absolute Gasteiger partial charge is 0.254 e. The molecule has 2 aromatic rings. The van der Waals surface area contributed by atoms with Gasteiger partial charge in [0, 0.05) is 11.1 Å². The highest BCUT2D eigenvalue weighted by Crippen LogP contribution is 2.33. The normalized spacial score (nSPS) is 12.4. The maximum atomic E-state index is 12.2. The van der Waals surface area contributed by atoms with Crippen LogP contribution in [0.4, 0.5) is 0 Å². The van der Waals surface area contributed by atoms with Crippen LogP contribution in [0.15, 0.2) is 35.1 Å². The lowest BCUT2D eigenvalue weighted by Gasteiger charge is -2.10. The van der Waals surface area contributed by atoms with E-state index in [0.29, 0.717) is 0 Å². The average molecular weight is 225 g/mol. The number of pyridine rings is 1. The van der Waals surface area contributed by atoms with Gasteiger partial charge in [-0.2, -0.15) is 0 Å². The zero-order chi connectivity index (χ0) is 12.0. The number of aryl methyl sites for hydroxylation is 2. The molecule has 0 radical (unpaired) electrons. The molecule has 17 heavy (non-hydrogen) atoms. The van der Waals surface area contributed by atoms with Crippen molar-refractivity contribution in [3.05, 3.63) is 57.4 Å².